The van der Waals surface area contributed by atoms with Gasteiger partial charge in [0.15, 0.2) is 6.29 Å². The van der Waals surface area contributed by atoms with Crippen molar-refractivity contribution in [3.8, 4) is 12.3 Å². The fraction of sp³-hybridized carbons (Fsp3) is 0.429. The zero-order chi connectivity index (χ0) is 14.0. The molecule has 1 heterocycles. The van der Waals surface area contributed by atoms with Gasteiger partial charge in [0.25, 0.3) is 0 Å². The van der Waals surface area contributed by atoms with E-state index < -0.39 is 30.7 Å². The zero-order valence-electron chi connectivity index (χ0n) is 10.2. The molecular formula is C14H16O5. The van der Waals surface area contributed by atoms with Crippen molar-refractivity contribution in [3.05, 3.63) is 35.4 Å². The van der Waals surface area contributed by atoms with Crippen LogP contribution in [0.25, 0.3) is 0 Å². The van der Waals surface area contributed by atoms with Crippen molar-refractivity contribution in [2.75, 3.05) is 0 Å². The topological polar surface area (TPSA) is 90.2 Å². The fourth-order valence-electron chi connectivity index (χ4n) is 2.10. The first kappa shape index (κ1) is 14.0. The van der Waals surface area contributed by atoms with E-state index >= 15 is 0 Å². The lowest BCUT2D eigenvalue weighted by molar-refractivity contribution is -0.145. The highest BCUT2D eigenvalue weighted by Crippen LogP contribution is 2.23. The molecule has 0 amide bonds. The molecule has 1 aliphatic rings. The summed E-state index contributed by atoms with van der Waals surface area (Å²) in [7, 11) is 0. The maximum absolute atomic E-state index is 9.99. The smallest absolute Gasteiger partial charge is 0.184 e. The highest BCUT2D eigenvalue weighted by molar-refractivity contribution is 5.34. The second-order valence-electron chi connectivity index (χ2n) is 4.59. The van der Waals surface area contributed by atoms with Crippen molar-refractivity contribution in [1.82, 2.24) is 0 Å². The monoisotopic (exact) mass is 264 g/mol. The summed E-state index contributed by atoms with van der Waals surface area (Å²) in [5, 5.41) is 38.2. The van der Waals surface area contributed by atoms with E-state index in [1.54, 1.807) is 24.3 Å². The number of ether oxygens (including phenoxy) is 1. The van der Waals surface area contributed by atoms with E-state index in [0.29, 0.717) is 0 Å². The van der Waals surface area contributed by atoms with Crippen LogP contribution in [-0.2, 0) is 11.2 Å². The van der Waals surface area contributed by atoms with Crippen LogP contribution >= 0.6 is 0 Å². The summed E-state index contributed by atoms with van der Waals surface area (Å²) in [5.74, 6) is 2.49. The molecule has 1 aromatic carbocycles. The Morgan fingerprint density at radius 3 is 2.26 bits per heavy atom. The molecule has 1 unspecified atom stereocenters. The van der Waals surface area contributed by atoms with Crippen LogP contribution in [0.5, 0.6) is 0 Å². The number of aliphatic hydroxyl groups excluding tert-OH is 4. The van der Waals surface area contributed by atoms with Gasteiger partial charge >= 0.3 is 0 Å². The third-order valence-corrected chi connectivity index (χ3v) is 3.22. The zero-order valence-corrected chi connectivity index (χ0v) is 10.2. The summed E-state index contributed by atoms with van der Waals surface area (Å²) < 4.78 is 4.94. The Kier molecular flexibility index (Phi) is 4.20. The Labute approximate surface area is 111 Å². The van der Waals surface area contributed by atoms with Gasteiger partial charge in [-0.3, -0.25) is 0 Å². The minimum Gasteiger partial charge on any atom is -0.390 e. The van der Waals surface area contributed by atoms with Crippen molar-refractivity contribution >= 4 is 0 Å². The van der Waals surface area contributed by atoms with Crippen LogP contribution in [0.1, 0.15) is 11.1 Å². The lowest BCUT2D eigenvalue weighted by Crippen LogP contribution is -2.39. The average Bonchev–Trinajstić information content (AvgIpc) is 2.67. The van der Waals surface area contributed by atoms with E-state index in [4.69, 9.17) is 11.2 Å². The Morgan fingerprint density at radius 2 is 1.79 bits per heavy atom. The van der Waals surface area contributed by atoms with E-state index in [-0.39, 0.29) is 6.42 Å². The minimum absolute atomic E-state index is 0.228. The molecule has 1 saturated heterocycles. The predicted molar refractivity (Wildman–Crippen MR) is 67.0 cm³/mol. The average molecular weight is 264 g/mol. The number of aliphatic hydroxyl groups is 4. The summed E-state index contributed by atoms with van der Waals surface area (Å²) >= 11 is 0. The number of hydrogen-bond acceptors (Lipinski definition) is 5. The molecule has 1 aliphatic heterocycles. The van der Waals surface area contributed by atoms with Gasteiger partial charge in [0.1, 0.15) is 18.3 Å². The standard InChI is InChI=1S/C14H16O5/c1-2-8-3-5-9(6-4-8)7-10(15)13-11(16)12(17)14(18)19-13/h1,3-6,10-18H,7H2/t10?,11-,12-,13+,14-/m0/s1. The molecule has 2 rings (SSSR count). The Hall–Kier alpha value is -1.42. The normalized spacial score (nSPS) is 31.9. The van der Waals surface area contributed by atoms with Gasteiger partial charge in [-0.15, -0.1) is 6.42 Å². The molecule has 102 valence electrons. The molecule has 0 aromatic heterocycles. The fourth-order valence-corrected chi connectivity index (χ4v) is 2.10. The molecule has 0 aliphatic carbocycles. The van der Waals surface area contributed by atoms with E-state index in [9.17, 15) is 20.4 Å². The van der Waals surface area contributed by atoms with Crippen molar-refractivity contribution < 1.29 is 25.2 Å². The Morgan fingerprint density at radius 1 is 1.16 bits per heavy atom. The summed E-state index contributed by atoms with van der Waals surface area (Å²) in [5.41, 5.74) is 1.56. The van der Waals surface area contributed by atoms with Gasteiger partial charge in [-0.05, 0) is 17.7 Å². The number of terminal acetylenes is 1. The molecule has 5 heteroatoms. The molecule has 1 aromatic rings. The number of hydrogen-bond donors (Lipinski definition) is 4. The maximum Gasteiger partial charge on any atom is 0.184 e. The predicted octanol–water partition coefficient (Wildman–Crippen LogP) is -0.990. The lowest BCUT2D eigenvalue weighted by Gasteiger charge is -2.20. The van der Waals surface area contributed by atoms with E-state index in [2.05, 4.69) is 5.92 Å². The van der Waals surface area contributed by atoms with Gasteiger partial charge in [-0.2, -0.15) is 0 Å². The minimum atomic E-state index is -1.47. The maximum atomic E-state index is 9.99. The lowest BCUT2D eigenvalue weighted by atomic mass is 9.99. The van der Waals surface area contributed by atoms with Gasteiger partial charge in [-0.1, -0.05) is 18.1 Å². The summed E-state index contributed by atoms with van der Waals surface area (Å²) in [4.78, 5) is 0. The van der Waals surface area contributed by atoms with Gasteiger partial charge in [-0.25, -0.2) is 0 Å². The SMILES string of the molecule is C#Cc1ccc(CC(O)[C@H]2O[C@H](O)[C@@H](O)[C@@H]2O)cc1. The van der Waals surface area contributed by atoms with E-state index in [1.165, 1.54) is 0 Å². The van der Waals surface area contributed by atoms with Crippen LogP contribution in [0, 0.1) is 12.3 Å². The largest absolute Gasteiger partial charge is 0.390 e. The second-order valence-corrected chi connectivity index (χ2v) is 4.59. The van der Waals surface area contributed by atoms with Crippen LogP contribution in [-0.4, -0.2) is 51.1 Å². The molecule has 0 spiro atoms. The first-order valence-electron chi connectivity index (χ1n) is 5.96. The highest BCUT2D eigenvalue weighted by Gasteiger charge is 2.45. The number of benzene rings is 1. The third kappa shape index (κ3) is 2.95. The Bertz CT molecular complexity index is 464. The molecule has 0 saturated carbocycles. The molecule has 1 fully saturated rings. The molecule has 5 nitrogen and oxygen atoms in total. The summed E-state index contributed by atoms with van der Waals surface area (Å²) in [6.07, 6.45) is -0.759. The summed E-state index contributed by atoms with van der Waals surface area (Å²) in [6.45, 7) is 0. The Balaban J connectivity index is 2.01. The molecule has 19 heavy (non-hydrogen) atoms. The molecule has 5 atom stereocenters. The second kappa shape index (κ2) is 5.70. The van der Waals surface area contributed by atoms with Crippen molar-refractivity contribution in [3.63, 3.8) is 0 Å². The molecule has 0 bridgehead atoms. The van der Waals surface area contributed by atoms with Crippen molar-refractivity contribution in [1.29, 1.82) is 0 Å². The van der Waals surface area contributed by atoms with Crippen LogP contribution in [0.15, 0.2) is 24.3 Å². The van der Waals surface area contributed by atoms with Gasteiger partial charge in [0.05, 0.1) is 6.10 Å². The quantitative estimate of drug-likeness (QED) is 0.526. The van der Waals surface area contributed by atoms with E-state index in [1.807, 2.05) is 0 Å². The first-order valence-corrected chi connectivity index (χ1v) is 5.96. The van der Waals surface area contributed by atoms with Gasteiger partial charge in [0.2, 0.25) is 0 Å². The van der Waals surface area contributed by atoms with Crippen LogP contribution in [0.2, 0.25) is 0 Å². The van der Waals surface area contributed by atoms with Crippen LogP contribution in [0.3, 0.4) is 0 Å². The third-order valence-electron chi connectivity index (χ3n) is 3.22. The van der Waals surface area contributed by atoms with Gasteiger partial charge in [0, 0.05) is 12.0 Å². The van der Waals surface area contributed by atoms with Crippen LogP contribution < -0.4 is 0 Å². The first-order chi connectivity index (χ1) is 9.02. The number of rotatable bonds is 3. The van der Waals surface area contributed by atoms with Crippen molar-refractivity contribution in [2.45, 2.75) is 37.1 Å². The molecule has 4 N–H and O–H groups in total. The molecular weight excluding hydrogens is 248 g/mol. The van der Waals surface area contributed by atoms with Crippen molar-refractivity contribution in [2.24, 2.45) is 0 Å². The highest BCUT2D eigenvalue weighted by atomic mass is 16.6. The van der Waals surface area contributed by atoms with Gasteiger partial charge < -0.3 is 25.2 Å². The van der Waals surface area contributed by atoms with E-state index in [0.717, 1.165) is 11.1 Å². The summed E-state index contributed by atoms with van der Waals surface area (Å²) in [6, 6.07) is 7.04. The molecule has 0 radical (unpaired) electrons. The van der Waals surface area contributed by atoms with Crippen LogP contribution in [0.4, 0.5) is 0 Å².